The Hall–Kier alpha value is -4.56. The lowest BCUT2D eigenvalue weighted by atomic mass is 10.0. The van der Waals surface area contributed by atoms with Gasteiger partial charge >= 0.3 is 0 Å². The summed E-state index contributed by atoms with van der Waals surface area (Å²) in [6.45, 7) is 5.35. The van der Waals surface area contributed by atoms with Crippen molar-refractivity contribution in [2.45, 2.75) is 18.9 Å². The monoisotopic (exact) mass is 494 g/mol. The highest BCUT2D eigenvalue weighted by Gasteiger charge is 2.17. The van der Waals surface area contributed by atoms with Crippen molar-refractivity contribution in [3.05, 3.63) is 108 Å². The molecule has 0 bridgehead atoms. The summed E-state index contributed by atoms with van der Waals surface area (Å²) >= 11 is 0. The summed E-state index contributed by atoms with van der Waals surface area (Å²) in [6, 6.07) is 22.0. The average molecular weight is 495 g/mol. The molecule has 5 N–H and O–H groups in total. The smallest absolute Gasteiger partial charge is 0.255 e. The van der Waals surface area contributed by atoms with Crippen LogP contribution in [-0.2, 0) is 0 Å². The van der Waals surface area contributed by atoms with Crippen molar-refractivity contribution < 1.29 is 9.59 Å². The van der Waals surface area contributed by atoms with Gasteiger partial charge in [-0.25, -0.2) is 9.97 Å². The molecule has 1 unspecified atom stereocenters. The van der Waals surface area contributed by atoms with E-state index in [1.54, 1.807) is 24.3 Å². The summed E-state index contributed by atoms with van der Waals surface area (Å²) in [6.07, 6.45) is 4.93. The minimum atomic E-state index is -0.542. The average Bonchev–Trinajstić information content (AvgIpc) is 2.92. The quantitative estimate of drug-likeness (QED) is 0.167. The van der Waals surface area contributed by atoms with Crippen LogP contribution in [0.5, 0.6) is 0 Å². The van der Waals surface area contributed by atoms with E-state index < -0.39 is 5.91 Å². The number of primary amides is 1. The molecule has 1 atom stereocenters. The number of carbonyl (C=O) groups excluding carboxylic acids is 2. The number of carbonyl (C=O) groups is 2. The molecule has 1 heterocycles. The first kappa shape index (κ1) is 25.5. The number of amides is 2. The molecule has 2 amide bonds. The Morgan fingerprint density at radius 2 is 1.78 bits per heavy atom. The predicted octanol–water partition coefficient (Wildman–Crippen LogP) is 4.69. The maximum atomic E-state index is 12.7. The number of aromatic nitrogens is 2. The van der Waals surface area contributed by atoms with E-state index >= 15 is 0 Å². The van der Waals surface area contributed by atoms with Gasteiger partial charge in [0.2, 0.25) is 0 Å². The van der Waals surface area contributed by atoms with Gasteiger partial charge in [0.25, 0.3) is 11.8 Å². The SMILES string of the molecule is C=CCCNCCC(Nc1ncnc2c(C(N)=O)cccc12)c1cccc(NC(=O)c2ccccc2)c1. The normalized spacial score (nSPS) is 11.6. The minimum absolute atomic E-state index is 0.139. The first-order chi connectivity index (χ1) is 18.1. The topological polar surface area (TPSA) is 122 Å². The maximum absolute atomic E-state index is 12.7. The first-order valence-corrected chi connectivity index (χ1v) is 12.1. The van der Waals surface area contributed by atoms with E-state index in [0.29, 0.717) is 33.5 Å². The molecule has 0 radical (unpaired) electrons. The predicted molar refractivity (Wildman–Crippen MR) is 148 cm³/mol. The zero-order valence-corrected chi connectivity index (χ0v) is 20.5. The van der Waals surface area contributed by atoms with Gasteiger partial charge in [0, 0.05) is 16.6 Å². The maximum Gasteiger partial charge on any atom is 0.255 e. The number of para-hydroxylation sites is 1. The molecular formula is C29H30N6O2. The van der Waals surface area contributed by atoms with Crippen LogP contribution in [-0.4, -0.2) is 34.9 Å². The fourth-order valence-electron chi connectivity index (χ4n) is 4.09. The molecule has 3 aromatic carbocycles. The summed E-state index contributed by atoms with van der Waals surface area (Å²) in [5, 5.41) is 10.6. The second kappa shape index (κ2) is 12.4. The number of benzene rings is 3. The van der Waals surface area contributed by atoms with Gasteiger partial charge < -0.3 is 21.7 Å². The van der Waals surface area contributed by atoms with Crippen LogP contribution in [0.2, 0.25) is 0 Å². The lowest BCUT2D eigenvalue weighted by Crippen LogP contribution is -2.22. The Morgan fingerprint density at radius 1 is 0.973 bits per heavy atom. The number of nitrogens with one attached hydrogen (secondary N) is 3. The highest BCUT2D eigenvalue weighted by Crippen LogP contribution is 2.28. The van der Waals surface area contributed by atoms with Crippen molar-refractivity contribution in [1.82, 2.24) is 15.3 Å². The molecule has 4 rings (SSSR count). The summed E-state index contributed by atoms with van der Waals surface area (Å²) in [4.78, 5) is 33.4. The van der Waals surface area contributed by atoms with Gasteiger partial charge in [0.1, 0.15) is 12.1 Å². The van der Waals surface area contributed by atoms with Crippen LogP contribution in [0.3, 0.4) is 0 Å². The number of nitrogens with zero attached hydrogens (tertiary/aromatic N) is 2. The molecule has 8 nitrogen and oxygen atoms in total. The van der Waals surface area contributed by atoms with Gasteiger partial charge in [-0.2, -0.15) is 0 Å². The Balaban J connectivity index is 1.61. The second-order valence-electron chi connectivity index (χ2n) is 8.55. The number of rotatable bonds is 12. The van der Waals surface area contributed by atoms with E-state index in [2.05, 4.69) is 32.5 Å². The fraction of sp³-hybridized carbons (Fsp3) is 0.172. The largest absolute Gasteiger partial charge is 0.366 e. The third kappa shape index (κ3) is 6.56. The molecule has 0 fully saturated rings. The standard InChI is InChI=1S/C29H30N6O2/c1-2-3-16-31-17-15-25(35-28-24-14-8-13-23(27(30)36)26(24)32-19-33-28)21-11-7-12-22(18-21)34-29(37)20-9-5-4-6-10-20/h2,4-14,18-19,25,31H,1,3,15-17H2,(H2,30,36)(H,34,37)(H,32,33,35). The highest BCUT2D eigenvalue weighted by molar-refractivity contribution is 6.07. The zero-order chi connectivity index (χ0) is 26.0. The Morgan fingerprint density at radius 3 is 2.57 bits per heavy atom. The second-order valence-corrected chi connectivity index (χ2v) is 8.55. The molecule has 8 heteroatoms. The van der Waals surface area contributed by atoms with Crippen molar-refractivity contribution >= 4 is 34.2 Å². The molecule has 4 aromatic rings. The van der Waals surface area contributed by atoms with E-state index in [-0.39, 0.29) is 11.9 Å². The number of nitrogens with two attached hydrogens (primary N) is 1. The van der Waals surface area contributed by atoms with E-state index in [9.17, 15) is 9.59 Å². The van der Waals surface area contributed by atoms with Crippen molar-refractivity contribution in [3.8, 4) is 0 Å². The number of anilines is 2. The van der Waals surface area contributed by atoms with Gasteiger partial charge in [0.05, 0.1) is 17.1 Å². The van der Waals surface area contributed by atoms with Gasteiger partial charge in [-0.15, -0.1) is 6.58 Å². The number of hydrogen-bond acceptors (Lipinski definition) is 6. The Kier molecular flexibility index (Phi) is 8.57. The van der Waals surface area contributed by atoms with Crippen molar-refractivity contribution in [2.24, 2.45) is 5.73 Å². The molecule has 0 aliphatic heterocycles. The van der Waals surface area contributed by atoms with Crippen molar-refractivity contribution in [1.29, 1.82) is 0 Å². The van der Waals surface area contributed by atoms with Gasteiger partial charge in [-0.3, -0.25) is 9.59 Å². The molecule has 0 spiro atoms. The van der Waals surface area contributed by atoms with Crippen LogP contribution in [0, 0.1) is 0 Å². The van der Waals surface area contributed by atoms with Crippen LogP contribution >= 0.6 is 0 Å². The lowest BCUT2D eigenvalue weighted by molar-refractivity contribution is 0.0998. The molecule has 0 saturated heterocycles. The van der Waals surface area contributed by atoms with E-state index in [1.807, 2.05) is 54.6 Å². The van der Waals surface area contributed by atoms with E-state index in [4.69, 9.17) is 5.73 Å². The molecule has 1 aromatic heterocycles. The zero-order valence-electron chi connectivity index (χ0n) is 20.5. The molecule has 0 saturated carbocycles. The van der Waals surface area contributed by atoms with Gasteiger partial charge in [0.15, 0.2) is 0 Å². The first-order valence-electron chi connectivity index (χ1n) is 12.1. The third-order valence-corrected chi connectivity index (χ3v) is 5.96. The van der Waals surface area contributed by atoms with Crippen LogP contribution in [0.25, 0.3) is 10.9 Å². The minimum Gasteiger partial charge on any atom is -0.366 e. The van der Waals surface area contributed by atoms with E-state index in [0.717, 1.165) is 31.5 Å². The van der Waals surface area contributed by atoms with Crippen molar-refractivity contribution in [2.75, 3.05) is 23.7 Å². The van der Waals surface area contributed by atoms with Crippen LogP contribution in [0.1, 0.15) is 45.2 Å². The summed E-state index contributed by atoms with van der Waals surface area (Å²) < 4.78 is 0. The molecule has 0 aliphatic rings. The molecular weight excluding hydrogens is 464 g/mol. The number of hydrogen-bond donors (Lipinski definition) is 4. The van der Waals surface area contributed by atoms with Crippen LogP contribution in [0.4, 0.5) is 11.5 Å². The molecule has 0 aliphatic carbocycles. The molecule has 37 heavy (non-hydrogen) atoms. The molecule has 188 valence electrons. The Labute approximate surface area is 216 Å². The summed E-state index contributed by atoms with van der Waals surface area (Å²) in [5.74, 6) is -0.114. The van der Waals surface area contributed by atoms with Crippen LogP contribution in [0.15, 0.2) is 91.8 Å². The van der Waals surface area contributed by atoms with E-state index in [1.165, 1.54) is 6.33 Å². The van der Waals surface area contributed by atoms with Crippen molar-refractivity contribution in [3.63, 3.8) is 0 Å². The Bertz CT molecular complexity index is 1390. The summed E-state index contributed by atoms with van der Waals surface area (Å²) in [5.41, 5.74) is 8.67. The number of fused-ring (bicyclic) bond motifs is 1. The van der Waals surface area contributed by atoms with Crippen LogP contribution < -0.4 is 21.7 Å². The fourth-order valence-corrected chi connectivity index (χ4v) is 4.09. The lowest BCUT2D eigenvalue weighted by Gasteiger charge is -2.22. The summed E-state index contributed by atoms with van der Waals surface area (Å²) in [7, 11) is 0. The highest BCUT2D eigenvalue weighted by atomic mass is 16.2. The third-order valence-electron chi connectivity index (χ3n) is 5.96. The van der Waals surface area contributed by atoms with Gasteiger partial charge in [-0.05, 0) is 67.9 Å². The van der Waals surface area contributed by atoms with Gasteiger partial charge in [-0.1, -0.05) is 42.5 Å².